The van der Waals surface area contributed by atoms with Crippen molar-refractivity contribution in [1.82, 2.24) is 20.6 Å². The third-order valence-corrected chi connectivity index (χ3v) is 4.25. The second kappa shape index (κ2) is 8.70. The van der Waals surface area contributed by atoms with Crippen LogP contribution in [0.5, 0.6) is 5.75 Å². The third kappa shape index (κ3) is 4.52. The number of aromatic nitrogens is 2. The number of ether oxygens (including phenoxy) is 1. The van der Waals surface area contributed by atoms with E-state index in [1.807, 2.05) is 0 Å². The number of rotatable bonds is 5. The fraction of sp³-hybridized carbons (Fsp3) is 0.158. The largest absolute Gasteiger partial charge is 0.482 e. The van der Waals surface area contributed by atoms with Crippen molar-refractivity contribution in [3.05, 3.63) is 69.4 Å². The summed E-state index contributed by atoms with van der Waals surface area (Å²) in [4.78, 5) is 36.7. The van der Waals surface area contributed by atoms with Crippen LogP contribution >= 0.6 is 11.6 Å². The van der Waals surface area contributed by atoms with E-state index in [1.165, 1.54) is 10.7 Å². The summed E-state index contributed by atoms with van der Waals surface area (Å²) in [6, 6.07) is 10.0. The Morgan fingerprint density at radius 3 is 2.59 bits per heavy atom. The smallest absolute Gasteiger partial charge is 0.290 e. The number of carbonyl (C=O) groups is 2. The molecule has 2 N–H and O–H groups in total. The van der Waals surface area contributed by atoms with Crippen molar-refractivity contribution < 1.29 is 18.7 Å². The Hall–Kier alpha value is -3.46. The number of fused-ring (bicyclic) bond motifs is 1. The van der Waals surface area contributed by atoms with Gasteiger partial charge in [-0.3, -0.25) is 25.2 Å². The van der Waals surface area contributed by atoms with Gasteiger partial charge in [-0.25, -0.2) is 9.07 Å². The van der Waals surface area contributed by atoms with Gasteiger partial charge in [0.25, 0.3) is 17.4 Å². The second-order valence-corrected chi connectivity index (χ2v) is 6.29. The minimum atomic E-state index is -0.698. The van der Waals surface area contributed by atoms with E-state index in [0.29, 0.717) is 10.8 Å². The first-order valence-corrected chi connectivity index (χ1v) is 8.95. The fourth-order valence-corrected chi connectivity index (χ4v) is 2.80. The Morgan fingerprint density at radius 2 is 1.90 bits per heavy atom. The molecule has 1 aromatic heterocycles. The predicted molar refractivity (Wildman–Crippen MR) is 104 cm³/mol. The number of carbonyl (C=O) groups excluding carboxylic acids is 2. The summed E-state index contributed by atoms with van der Waals surface area (Å²) in [6.07, 6.45) is 0. The number of hydrogen-bond acceptors (Lipinski definition) is 5. The number of benzene rings is 2. The predicted octanol–water partition coefficient (Wildman–Crippen LogP) is 2.05. The van der Waals surface area contributed by atoms with Gasteiger partial charge in [0.2, 0.25) is 0 Å². The zero-order chi connectivity index (χ0) is 21.0. The number of halogens is 2. The number of hydrazine groups is 1. The van der Waals surface area contributed by atoms with Gasteiger partial charge >= 0.3 is 0 Å². The standard InChI is InChI=1S/C19H16ClFN4O4/c1-2-25-19(28)13-6-4-3-5-12(13)17(24-25)18(27)23-22-16(26)10-29-15-8-7-11(21)9-14(15)20/h3-9H,2,10H2,1H3,(H,22,26)(H,23,27). The van der Waals surface area contributed by atoms with Crippen LogP contribution in [0.15, 0.2) is 47.3 Å². The van der Waals surface area contributed by atoms with Gasteiger partial charge in [-0.15, -0.1) is 0 Å². The molecule has 1 heterocycles. The molecule has 0 atom stereocenters. The van der Waals surface area contributed by atoms with Gasteiger partial charge in [0.15, 0.2) is 12.3 Å². The summed E-state index contributed by atoms with van der Waals surface area (Å²) in [6.45, 7) is 1.54. The van der Waals surface area contributed by atoms with Crippen molar-refractivity contribution in [3.63, 3.8) is 0 Å². The van der Waals surface area contributed by atoms with E-state index in [1.54, 1.807) is 31.2 Å². The van der Waals surface area contributed by atoms with Crippen LogP contribution in [0, 0.1) is 5.82 Å². The fourth-order valence-electron chi connectivity index (χ4n) is 2.57. The minimum Gasteiger partial charge on any atom is -0.482 e. The normalized spacial score (nSPS) is 10.6. The topological polar surface area (TPSA) is 102 Å². The molecule has 0 bridgehead atoms. The second-order valence-electron chi connectivity index (χ2n) is 5.88. The Kier molecular flexibility index (Phi) is 6.08. The molecule has 0 saturated heterocycles. The molecule has 0 aliphatic heterocycles. The summed E-state index contributed by atoms with van der Waals surface area (Å²) >= 11 is 5.81. The van der Waals surface area contributed by atoms with Crippen molar-refractivity contribution in [1.29, 1.82) is 0 Å². The first-order chi connectivity index (χ1) is 13.9. The molecule has 0 spiro atoms. The molecule has 10 heteroatoms. The van der Waals surface area contributed by atoms with Gasteiger partial charge in [0.05, 0.1) is 10.4 Å². The molecular formula is C19H16ClFN4O4. The van der Waals surface area contributed by atoms with Gasteiger partial charge in [-0.05, 0) is 31.2 Å². The molecule has 150 valence electrons. The SMILES string of the molecule is CCn1nc(C(=O)NNC(=O)COc2ccc(F)cc2Cl)c2ccccc2c1=O. The molecule has 0 aliphatic carbocycles. The van der Waals surface area contributed by atoms with E-state index in [9.17, 15) is 18.8 Å². The highest BCUT2D eigenvalue weighted by molar-refractivity contribution is 6.32. The van der Waals surface area contributed by atoms with E-state index in [0.717, 1.165) is 12.1 Å². The maximum Gasteiger partial charge on any atom is 0.290 e. The van der Waals surface area contributed by atoms with Crippen LogP contribution in [0.2, 0.25) is 5.02 Å². The molecule has 0 fully saturated rings. The maximum absolute atomic E-state index is 13.0. The van der Waals surface area contributed by atoms with E-state index in [2.05, 4.69) is 16.0 Å². The number of nitrogens with zero attached hydrogens (tertiary/aromatic N) is 2. The first-order valence-electron chi connectivity index (χ1n) is 8.57. The lowest BCUT2D eigenvalue weighted by Gasteiger charge is -2.11. The zero-order valence-electron chi connectivity index (χ0n) is 15.2. The molecule has 0 unspecified atom stereocenters. The third-order valence-electron chi connectivity index (χ3n) is 3.95. The summed E-state index contributed by atoms with van der Waals surface area (Å²) < 4.78 is 19.4. The molecule has 8 nitrogen and oxygen atoms in total. The molecular weight excluding hydrogens is 403 g/mol. The van der Waals surface area contributed by atoms with Crippen LogP contribution < -0.4 is 21.1 Å². The number of amides is 2. The van der Waals surface area contributed by atoms with Crippen molar-refractivity contribution in [2.24, 2.45) is 0 Å². The highest BCUT2D eigenvalue weighted by atomic mass is 35.5. The highest BCUT2D eigenvalue weighted by Gasteiger charge is 2.17. The van der Waals surface area contributed by atoms with E-state index < -0.39 is 24.2 Å². The maximum atomic E-state index is 13.0. The molecule has 0 radical (unpaired) electrons. The van der Waals surface area contributed by atoms with E-state index in [-0.39, 0.29) is 28.6 Å². The molecule has 2 amide bonds. The summed E-state index contributed by atoms with van der Waals surface area (Å²) in [5, 5.41) is 4.79. The number of aryl methyl sites for hydroxylation is 1. The van der Waals surface area contributed by atoms with Crippen molar-refractivity contribution in [2.45, 2.75) is 13.5 Å². The number of hydrogen-bond donors (Lipinski definition) is 2. The number of nitrogens with one attached hydrogen (secondary N) is 2. The average molecular weight is 419 g/mol. The Labute approximate surface area is 169 Å². The molecule has 0 saturated carbocycles. The van der Waals surface area contributed by atoms with Crippen LogP contribution in [0.1, 0.15) is 17.4 Å². The van der Waals surface area contributed by atoms with Crippen molar-refractivity contribution in [2.75, 3.05) is 6.61 Å². The van der Waals surface area contributed by atoms with Crippen LogP contribution in [0.4, 0.5) is 4.39 Å². The molecule has 3 rings (SSSR count). The van der Waals surface area contributed by atoms with Crippen molar-refractivity contribution in [3.8, 4) is 5.75 Å². The van der Waals surface area contributed by atoms with Crippen LogP contribution in [0.25, 0.3) is 10.8 Å². The quantitative estimate of drug-likeness (QED) is 0.617. The Morgan fingerprint density at radius 1 is 1.17 bits per heavy atom. The summed E-state index contributed by atoms with van der Waals surface area (Å²) in [7, 11) is 0. The van der Waals surface area contributed by atoms with Gasteiger partial charge in [-0.2, -0.15) is 5.10 Å². The lowest BCUT2D eigenvalue weighted by molar-refractivity contribution is -0.123. The highest BCUT2D eigenvalue weighted by Crippen LogP contribution is 2.24. The van der Waals surface area contributed by atoms with Crippen LogP contribution in [-0.4, -0.2) is 28.2 Å². The van der Waals surface area contributed by atoms with Crippen molar-refractivity contribution >= 4 is 34.2 Å². The Bertz CT molecular complexity index is 1150. The first kappa shape index (κ1) is 20.3. The Balaban J connectivity index is 1.68. The van der Waals surface area contributed by atoms with Crippen LogP contribution in [-0.2, 0) is 11.3 Å². The van der Waals surface area contributed by atoms with E-state index >= 15 is 0 Å². The summed E-state index contributed by atoms with van der Waals surface area (Å²) in [5.74, 6) is -1.78. The van der Waals surface area contributed by atoms with Gasteiger partial charge in [-0.1, -0.05) is 29.8 Å². The minimum absolute atomic E-state index is 0.00940. The lowest BCUT2D eigenvalue weighted by Crippen LogP contribution is -2.44. The molecule has 0 aliphatic rings. The molecule has 2 aromatic carbocycles. The van der Waals surface area contributed by atoms with Crippen LogP contribution in [0.3, 0.4) is 0 Å². The monoisotopic (exact) mass is 418 g/mol. The van der Waals surface area contributed by atoms with Gasteiger partial charge in [0.1, 0.15) is 11.6 Å². The zero-order valence-corrected chi connectivity index (χ0v) is 16.0. The average Bonchev–Trinajstić information content (AvgIpc) is 2.72. The molecule has 3 aromatic rings. The lowest BCUT2D eigenvalue weighted by atomic mass is 10.1. The van der Waals surface area contributed by atoms with Gasteiger partial charge in [0, 0.05) is 11.9 Å². The van der Waals surface area contributed by atoms with Gasteiger partial charge < -0.3 is 4.74 Å². The molecule has 29 heavy (non-hydrogen) atoms. The summed E-state index contributed by atoms with van der Waals surface area (Å²) in [5.41, 5.74) is 4.10. The van der Waals surface area contributed by atoms with E-state index in [4.69, 9.17) is 16.3 Å².